The van der Waals surface area contributed by atoms with Gasteiger partial charge in [0.05, 0.1) is 0 Å². The van der Waals surface area contributed by atoms with Crippen LogP contribution in [0.25, 0.3) is 0 Å². The summed E-state index contributed by atoms with van der Waals surface area (Å²) < 4.78 is 0. The molecule has 1 amide bonds. The lowest BCUT2D eigenvalue weighted by Crippen LogP contribution is -2.40. The minimum absolute atomic E-state index is 0.177. The molecule has 2 aliphatic rings. The van der Waals surface area contributed by atoms with Crippen LogP contribution >= 0.6 is 11.6 Å². The van der Waals surface area contributed by atoms with E-state index in [1.54, 1.807) is 0 Å². The lowest BCUT2D eigenvalue weighted by molar-refractivity contribution is -0.126. The van der Waals surface area contributed by atoms with Crippen molar-refractivity contribution in [3.05, 3.63) is 46.5 Å². The van der Waals surface area contributed by atoms with E-state index >= 15 is 0 Å². The number of halogens is 1. The SMILES string of the molecule is O=C(NCC1=CCCCC1)C1CCN(Cc2ccc(Cl)cc2)CC1. The Kier molecular flexibility index (Phi) is 6.33. The van der Waals surface area contributed by atoms with Gasteiger partial charge in [-0.05, 0) is 69.3 Å². The highest BCUT2D eigenvalue weighted by Crippen LogP contribution is 2.21. The van der Waals surface area contributed by atoms with E-state index in [0.29, 0.717) is 0 Å². The molecule has 0 bridgehead atoms. The maximum Gasteiger partial charge on any atom is 0.223 e. The van der Waals surface area contributed by atoms with Crippen molar-refractivity contribution >= 4 is 17.5 Å². The Morgan fingerprint density at radius 2 is 1.92 bits per heavy atom. The van der Waals surface area contributed by atoms with E-state index in [1.165, 1.54) is 30.4 Å². The Morgan fingerprint density at radius 1 is 1.17 bits per heavy atom. The van der Waals surface area contributed by atoms with E-state index in [1.807, 2.05) is 12.1 Å². The van der Waals surface area contributed by atoms with Crippen LogP contribution in [0.15, 0.2) is 35.9 Å². The van der Waals surface area contributed by atoms with Crippen LogP contribution < -0.4 is 5.32 Å². The average molecular weight is 347 g/mol. The monoisotopic (exact) mass is 346 g/mol. The molecule has 1 saturated heterocycles. The number of hydrogen-bond donors (Lipinski definition) is 1. The predicted octanol–water partition coefficient (Wildman–Crippen LogP) is 4.17. The first kappa shape index (κ1) is 17.5. The fourth-order valence-electron chi connectivity index (χ4n) is 3.61. The first-order chi connectivity index (χ1) is 11.7. The van der Waals surface area contributed by atoms with E-state index < -0.39 is 0 Å². The zero-order valence-corrected chi connectivity index (χ0v) is 15.0. The van der Waals surface area contributed by atoms with Gasteiger partial charge in [0.1, 0.15) is 0 Å². The van der Waals surface area contributed by atoms with Gasteiger partial charge in [-0.3, -0.25) is 9.69 Å². The normalized spacial score (nSPS) is 19.8. The summed E-state index contributed by atoms with van der Waals surface area (Å²) in [6.45, 7) is 3.68. The van der Waals surface area contributed by atoms with E-state index in [4.69, 9.17) is 11.6 Å². The quantitative estimate of drug-likeness (QED) is 0.811. The second-order valence-corrected chi connectivity index (χ2v) is 7.44. The van der Waals surface area contributed by atoms with E-state index in [9.17, 15) is 4.79 Å². The fourth-order valence-corrected chi connectivity index (χ4v) is 3.74. The van der Waals surface area contributed by atoms with Gasteiger partial charge < -0.3 is 5.32 Å². The van der Waals surface area contributed by atoms with Gasteiger partial charge in [0.2, 0.25) is 5.91 Å². The van der Waals surface area contributed by atoms with Crippen LogP contribution in [0.2, 0.25) is 5.02 Å². The molecule has 1 heterocycles. The van der Waals surface area contributed by atoms with Crippen LogP contribution in [0.5, 0.6) is 0 Å². The topological polar surface area (TPSA) is 32.3 Å². The third-order valence-corrected chi connectivity index (χ3v) is 5.40. The number of hydrogen-bond acceptors (Lipinski definition) is 2. The molecule has 1 aromatic rings. The minimum Gasteiger partial charge on any atom is -0.352 e. The molecule has 130 valence electrons. The molecule has 1 fully saturated rings. The summed E-state index contributed by atoms with van der Waals surface area (Å²) in [6.07, 6.45) is 9.11. The van der Waals surface area contributed by atoms with Gasteiger partial charge >= 0.3 is 0 Å². The number of allylic oxidation sites excluding steroid dienone is 1. The molecule has 1 aromatic carbocycles. The second kappa shape index (κ2) is 8.68. The number of rotatable bonds is 5. The standard InChI is InChI=1S/C20H27ClN2O/c21-19-8-6-17(7-9-19)15-23-12-10-18(11-13-23)20(24)22-14-16-4-2-1-3-5-16/h4,6-9,18H,1-3,5,10-15H2,(H,22,24). The molecule has 0 aromatic heterocycles. The van der Waals surface area contributed by atoms with Gasteiger partial charge in [-0.1, -0.05) is 35.4 Å². The molecule has 0 saturated carbocycles. The molecule has 3 nitrogen and oxygen atoms in total. The summed E-state index contributed by atoms with van der Waals surface area (Å²) in [7, 11) is 0. The number of amides is 1. The highest BCUT2D eigenvalue weighted by Gasteiger charge is 2.24. The van der Waals surface area contributed by atoms with Crippen molar-refractivity contribution in [2.75, 3.05) is 19.6 Å². The van der Waals surface area contributed by atoms with Crippen molar-refractivity contribution in [3.8, 4) is 0 Å². The molecule has 1 aliphatic carbocycles. The number of carbonyl (C=O) groups excluding carboxylic acids is 1. The van der Waals surface area contributed by atoms with Crippen LogP contribution in [0.1, 0.15) is 44.1 Å². The van der Waals surface area contributed by atoms with E-state index in [0.717, 1.165) is 50.5 Å². The largest absolute Gasteiger partial charge is 0.352 e. The number of nitrogens with one attached hydrogen (secondary N) is 1. The van der Waals surface area contributed by atoms with Gasteiger partial charge in [-0.2, -0.15) is 0 Å². The third-order valence-electron chi connectivity index (χ3n) is 5.15. The molecule has 4 heteroatoms. The Balaban J connectivity index is 1.40. The lowest BCUT2D eigenvalue weighted by Gasteiger charge is -2.31. The summed E-state index contributed by atoms with van der Waals surface area (Å²) in [4.78, 5) is 14.8. The average Bonchev–Trinajstić information content (AvgIpc) is 2.63. The summed E-state index contributed by atoms with van der Waals surface area (Å²) in [5, 5.41) is 3.93. The van der Waals surface area contributed by atoms with Crippen LogP contribution in [-0.4, -0.2) is 30.4 Å². The Morgan fingerprint density at radius 3 is 2.58 bits per heavy atom. The highest BCUT2D eigenvalue weighted by molar-refractivity contribution is 6.30. The van der Waals surface area contributed by atoms with Gasteiger partial charge in [0, 0.05) is 24.0 Å². The molecule has 3 rings (SSSR count). The van der Waals surface area contributed by atoms with Gasteiger partial charge in [0.15, 0.2) is 0 Å². The third kappa shape index (κ3) is 5.09. The highest BCUT2D eigenvalue weighted by atomic mass is 35.5. The Bertz CT molecular complexity index is 574. The van der Waals surface area contributed by atoms with Crippen molar-refractivity contribution in [1.29, 1.82) is 0 Å². The van der Waals surface area contributed by atoms with Crippen LogP contribution in [0, 0.1) is 5.92 Å². The van der Waals surface area contributed by atoms with Gasteiger partial charge in [0.25, 0.3) is 0 Å². The number of likely N-dealkylation sites (tertiary alicyclic amines) is 1. The molecule has 24 heavy (non-hydrogen) atoms. The van der Waals surface area contributed by atoms with Crippen molar-refractivity contribution in [2.45, 2.75) is 45.1 Å². The molecule has 0 spiro atoms. The summed E-state index contributed by atoms with van der Waals surface area (Å²) >= 11 is 5.93. The number of benzene rings is 1. The van der Waals surface area contributed by atoms with Crippen molar-refractivity contribution < 1.29 is 4.79 Å². The molecule has 0 unspecified atom stereocenters. The number of carbonyl (C=O) groups is 1. The lowest BCUT2D eigenvalue weighted by atomic mass is 9.95. The second-order valence-electron chi connectivity index (χ2n) is 7.00. The summed E-state index contributed by atoms with van der Waals surface area (Å²) in [5.41, 5.74) is 2.70. The van der Waals surface area contributed by atoms with Gasteiger partial charge in [-0.25, -0.2) is 0 Å². The first-order valence-corrected chi connectivity index (χ1v) is 9.51. The van der Waals surface area contributed by atoms with E-state index in [2.05, 4.69) is 28.4 Å². The van der Waals surface area contributed by atoms with Crippen LogP contribution in [0.4, 0.5) is 0 Å². The van der Waals surface area contributed by atoms with Crippen LogP contribution in [-0.2, 0) is 11.3 Å². The zero-order chi connectivity index (χ0) is 16.8. The molecule has 0 atom stereocenters. The maximum atomic E-state index is 12.4. The number of nitrogens with zero attached hydrogens (tertiary/aromatic N) is 1. The van der Waals surface area contributed by atoms with Crippen molar-refractivity contribution in [2.24, 2.45) is 5.92 Å². The van der Waals surface area contributed by atoms with Crippen molar-refractivity contribution in [1.82, 2.24) is 10.2 Å². The molecule has 1 aliphatic heterocycles. The fraction of sp³-hybridized carbons (Fsp3) is 0.550. The summed E-state index contributed by atoms with van der Waals surface area (Å²) in [6, 6.07) is 8.05. The molecular weight excluding hydrogens is 320 g/mol. The molecule has 1 N–H and O–H groups in total. The first-order valence-electron chi connectivity index (χ1n) is 9.13. The predicted molar refractivity (Wildman–Crippen MR) is 99.0 cm³/mol. The van der Waals surface area contributed by atoms with Crippen molar-refractivity contribution in [3.63, 3.8) is 0 Å². The Labute approximate surface area is 150 Å². The molecule has 0 radical (unpaired) electrons. The number of piperidine rings is 1. The zero-order valence-electron chi connectivity index (χ0n) is 14.3. The molecular formula is C20H27ClN2O. The van der Waals surface area contributed by atoms with Gasteiger partial charge in [-0.15, -0.1) is 0 Å². The Hall–Kier alpha value is -1.32. The minimum atomic E-state index is 0.177. The summed E-state index contributed by atoms with van der Waals surface area (Å²) in [5.74, 6) is 0.420. The van der Waals surface area contributed by atoms with E-state index in [-0.39, 0.29) is 11.8 Å². The maximum absolute atomic E-state index is 12.4. The van der Waals surface area contributed by atoms with Crippen LogP contribution in [0.3, 0.4) is 0 Å². The smallest absolute Gasteiger partial charge is 0.223 e.